The fourth-order valence-electron chi connectivity index (χ4n) is 0. The van der Waals surface area contributed by atoms with Gasteiger partial charge in [0.2, 0.25) is 0 Å². The van der Waals surface area contributed by atoms with Crippen molar-refractivity contribution in [1.82, 2.24) is 0 Å². The van der Waals surface area contributed by atoms with Crippen molar-refractivity contribution in [3.05, 3.63) is 0 Å². The van der Waals surface area contributed by atoms with Crippen molar-refractivity contribution < 1.29 is 43.2 Å². The van der Waals surface area contributed by atoms with E-state index >= 15 is 0 Å². The third-order valence-corrected chi connectivity index (χ3v) is 0. The van der Waals surface area contributed by atoms with E-state index in [1.54, 1.807) is 0 Å². The molecule has 0 amide bonds. The van der Waals surface area contributed by atoms with Gasteiger partial charge in [-0.25, -0.2) is 0 Å². The van der Waals surface area contributed by atoms with Crippen LogP contribution in [0.5, 0.6) is 0 Å². The van der Waals surface area contributed by atoms with Crippen molar-refractivity contribution in [1.29, 1.82) is 0 Å². The molecule has 0 bridgehead atoms. The SMILES string of the molecule is [Ca+2].[GaH3].[H-].[H-].[InH3].[Sm].[SnH2]. The molecule has 0 heterocycles. The van der Waals surface area contributed by atoms with Crippen LogP contribution >= 0.6 is 0 Å². The Morgan fingerprint density at radius 2 is 1.20 bits per heavy atom. The molecule has 0 aliphatic rings. The minimum absolute atomic E-state index is 0. The molecule has 0 aliphatic heterocycles. The Hall–Kier alpha value is 4.90. The molecule has 0 saturated carbocycles. The summed E-state index contributed by atoms with van der Waals surface area (Å²) in [6, 6.07) is 0. The molecule has 0 saturated heterocycles. The zero-order chi connectivity index (χ0) is 0. The van der Waals surface area contributed by atoms with Crippen molar-refractivity contribution in [3.8, 4) is 0 Å². The van der Waals surface area contributed by atoms with E-state index in [1.165, 1.54) is 0 Å². The van der Waals surface area contributed by atoms with Gasteiger partial charge in [0, 0.05) is 40.4 Å². The zero-order valence-corrected chi connectivity index (χ0v) is 10.7. The Labute approximate surface area is 146 Å². The summed E-state index contributed by atoms with van der Waals surface area (Å²) in [5, 5.41) is 0. The van der Waals surface area contributed by atoms with Gasteiger partial charge in [-0.05, 0) is 0 Å². The van der Waals surface area contributed by atoms with E-state index in [2.05, 4.69) is 0 Å². The van der Waals surface area contributed by atoms with E-state index in [-0.39, 0.29) is 151 Å². The average Bonchev–Trinajstić information content (AvgIpc) is 0. The van der Waals surface area contributed by atoms with Gasteiger partial charge in [-0.2, -0.15) is 0 Å². The molecule has 0 unspecified atom stereocenters. The van der Waals surface area contributed by atoms with E-state index in [0.717, 1.165) is 0 Å². The van der Waals surface area contributed by atoms with Crippen LogP contribution in [0.2, 0.25) is 0 Å². The van der Waals surface area contributed by atoms with Gasteiger partial charge in [-0.1, -0.05) is 0 Å². The van der Waals surface area contributed by atoms with Crippen LogP contribution in [0.1, 0.15) is 2.85 Å². The van der Waals surface area contributed by atoms with Crippen LogP contribution in [0.3, 0.4) is 0 Å². The molecule has 0 aromatic heterocycles. The molecule has 0 atom stereocenters. The van der Waals surface area contributed by atoms with E-state index in [1.807, 2.05) is 0 Å². The van der Waals surface area contributed by atoms with E-state index in [0.29, 0.717) is 0 Å². The van der Waals surface area contributed by atoms with Gasteiger partial charge in [0.1, 0.15) is 0 Å². The molecule has 5 heteroatoms. The van der Waals surface area contributed by atoms with Gasteiger partial charge in [0.15, 0.2) is 0 Å². The molecule has 0 aromatic rings. The number of hydrogen-bond donors (Lipinski definition) is 0. The predicted molar refractivity (Wildman–Crippen MR) is 36.4 cm³/mol. The van der Waals surface area contributed by atoms with Crippen LogP contribution in [0, 0.1) is 40.4 Å². The van der Waals surface area contributed by atoms with Gasteiger partial charge < -0.3 is 2.85 Å². The van der Waals surface area contributed by atoms with Crippen molar-refractivity contribution in [3.63, 3.8) is 0 Å². The molecule has 5 heavy (non-hydrogen) atoms. The molecular formula is H10CaGaInSmSn. The van der Waals surface area contributed by atoms with Crippen molar-refractivity contribution >= 4 is 107 Å². The summed E-state index contributed by atoms with van der Waals surface area (Å²) in [6.45, 7) is 0. The summed E-state index contributed by atoms with van der Waals surface area (Å²) >= 11 is 0. The fraction of sp³-hybridized carbons (Fsp3) is 0. The first kappa shape index (κ1) is 32.7. The first-order valence-corrected chi connectivity index (χ1v) is 0. The Morgan fingerprint density at radius 3 is 1.20 bits per heavy atom. The maximum atomic E-state index is 0. The second-order valence-electron chi connectivity index (χ2n) is 0. The molecule has 0 rings (SSSR count). The Morgan fingerprint density at radius 1 is 1.20 bits per heavy atom. The van der Waals surface area contributed by atoms with Gasteiger partial charge in [0.05, 0.1) is 0 Å². The van der Waals surface area contributed by atoms with Crippen molar-refractivity contribution in [2.45, 2.75) is 0 Å². The topological polar surface area (TPSA) is 0 Å². The van der Waals surface area contributed by atoms with Crippen LogP contribution in [-0.2, 0) is 0 Å². The fourth-order valence-corrected chi connectivity index (χ4v) is 0. The van der Waals surface area contributed by atoms with Gasteiger partial charge in [-0.15, -0.1) is 0 Å². The summed E-state index contributed by atoms with van der Waals surface area (Å²) in [6.07, 6.45) is 0. The molecule has 0 spiro atoms. The van der Waals surface area contributed by atoms with Crippen LogP contribution in [-0.4, -0.2) is 107 Å². The molecule has 0 fully saturated rings. The summed E-state index contributed by atoms with van der Waals surface area (Å²) in [4.78, 5) is 0. The van der Waals surface area contributed by atoms with Crippen LogP contribution in [0.4, 0.5) is 0 Å². The molecule has 28 valence electrons. The van der Waals surface area contributed by atoms with Crippen LogP contribution < -0.4 is 0 Å². The van der Waals surface area contributed by atoms with E-state index < -0.39 is 0 Å². The quantitative estimate of drug-likeness (QED) is 0.302. The Kier molecular flexibility index (Phi) is 151. The Bertz CT molecular complexity index is 17.7. The predicted octanol–water partition coefficient (Wildman–Crippen LogP) is -3.44. The molecular weight excluding hydrogens is 494 g/mol. The number of hydrogen-bond acceptors (Lipinski definition) is 0. The van der Waals surface area contributed by atoms with E-state index in [9.17, 15) is 0 Å². The third kappa shape index (κ3) is 17.6. The summed E-state index contributed by atoms with van der Waals surface area (Å²) in [5.74, 6) is 0. The minimum atomic E-state index is 0. The second kappa shape index (κ2) is 23.1. The van der Waals surface area contributed by atoms with Crippen LogP contribution in [0.25, 0.3) is 0 Å². The molecule has 0 aliphatic carbocycles. The standard InChI is InChI=1S/Ca.Ga.In.Sm.Sn.10H/q+2;;;;;;;;;;;;;2*-1. The summed E-state index contributed by atoms with van der Waals surface area (Å²) in [5.41, 5.74) is 0. The number of rotatable bonds is 0. The monoisotopic (exact) mass is 506 g/mol. The van der Waals surface area contributed by atoms with Gasteiger partial charge in [0.25, 0.3) is 0 Å². The third-order valence-electron chi connectivity index (χ3n) is 0. The second-order valence-corrected chi connectivity index (χ2v) is 0. The molecule has 0 nitrogen and oxygen atoms in total. The molecule has 0 N–H and O–H groups in total. The van der Waals surface area contributed by atoms with Crippen LogP contribution in [0.15, 0.2) is 0 Å². The summed E-state index contributed by atoms with van der Waals surface area (Å²) in [7, 11) is 0. The maximum absolute atomic E-state index is 0. The van der Waals surface area contributed by atoms with Gasteiger partial charge in [-0.3, -0.25) is 0 Å². The van der Waals surface area contributed by atoms with E-state index in [4.69, 9.17) is 0 Å². The molecule has 2 radical (unpaired) electrons. The zero-order valence-electron chi connectivity index (χ0n) is 3.82. The van der Waals surface area contributed by atoms with Crippen molar-refractivity contribution in [2.24, 2.45) is 0 Å². The average molecular weight is 504 g/mol. The first-order valence-electron chi connectivity index (χ1n) is 0. The summed E-state index contributed by atoms with van der Waals surface area (Å²) < 4.78 is 0. The first-order chi connectivity index (χ1) is 0. The van der Waals surface area contributed by atoms with Gasteiger partial charge >= 0.3 is 107 Å². The molecule has 0 aromatic carbocycles. The van der Waals surface area contributed by atoms with Crippen molar-refractivity contribution in [2.75, 3.05) is 0 Å². The normalized spacial score (nSPS) is 0. The Balaban J connectivity index is 0.